The maximum Gasteiger partial charge on any atom is 0.315 e. The van der Waals surface area contributed by atoms with Crippen molar-refractivity contribution in [3.05, 3.63) is 65.0 Å². The SMILES string of the molecule is Cc1cccc(C(CN)(Cc2ncccc2C)C(=O)O)c1. The van der Waals surface area contributed by atoms with Gasteiger partial charge in [0.1, 0.15) is 5.41 Å². The Morgan fingerprint density at radius 2 is 2.05 bits per heavy atom. The molecule has 0 radical (unpaired) electrons. The highest BCUT2D eigenvalue weighted by Crippen LogP contribution is 2.29. The zero-order valence-electron chi connectivity index (χ0n) is 12.3. The van der Waals surface area contributed by atoms with E-state index in [1.807, 2.05) is 50.2 Å². The lowest BCUT2D eigenvalue weighted by Gasteiger charge is -2.29. The number of aliphatic carboxylic acids is 1. The first-order valence-electron chi connectivity index (χ1n) is 6.91. The van der Waals surface area contributed by atoms with Gasteiger partial charge in [0.25, 0.3) is 0 Å². The molecule has 0 spiro atoms. The van der Waals surface area contributed by atoms with Gasteiger partial charge in [-0.25, -0.2) is 0 Å². The van der Waals surface area contributed by atoms with E-state index in [0.29, 0.717) is 0 Å². The fourth-order valence-corrected chi connectivity index (χ4v) is 2.51. The maximum absolute atomic E-state index is 12.0. The molecule has 4 nitrogen and oxygen atoms in total. The number of aromatic nitrogens is 1. The zero-order valence-corrected chi connectivity index (χ0v) is 12.3. The molecule has 3 N–H and O–H groups in total. The van der Waals surface area contributed by atoms with E-state index >= 15 is 0 Å². The van der Waals surface area contributed by atoms with Crippen LogP contribution in [-0.4, -0.2) is 22.6 Å². The van der Waals surface area contributed by atoms with Crippen LogP contribution >= 0.6 is 0 Å². The first-order valence-corrected chi connectivity index (χ1v) is 6.91. The van der Waals surface area contributed by atoms with E-state index in [1.165, 1.54) is 0 Å². The Morgan fingerprint density at radius 1 is 1.29 bits per heavy atom. The lowest BCUT2D eigenvalue weighted by Crippen LogP contribution is -2.45. The summed E-state index contributed by atoms with van der Waals surface area (Å²) in [6, 6.07) is 11.3. The van der Waals surface area contributed by atoms with E-state index in [9.17, 15) is 9.90 Å². The van der Waals surface area contributed by atoms with Gasteiger partial charge in [-0.1, -0.05) is 35.9 Å². The van der Waals surface area contributed by atoms with Gasteiger partial charge in [0.2, 0.25) is 0 Å². The Balaban J connectivity index is 2.53. The Labute approximate surface area is 124 Å². The highest BCUT2D eigenvalue weighted by atomic mass is 16.4. The lowest BCUT2D eigenvalue weighted by atomic mass is 9.75. The smallest absolute Gasteiger partial charge is 0.315 e. The summed E-state index contributed by atoms with van der Waals surface area (Å²) in [7, 11) is 0. The molecule has 0 saturated carbocycles. The normalized spacial score (nSPS) is 13.7. The molecule has 0 aliphatic rings. The molecule has 110 valence electrons. The predicted octanol–water partition coefficient (Wildman–Crippen LogP) is 2.22. The van der Waals surface area contributed by atoms with E-state index in [1.54, 1.807) is 6.20 Å². The molecule has 0 aliphatic carbocycles. The number of hydrogen-bond donors (Lipinski definition) is 2. The molecule has 1 atom stereocenters. The van der Waals surface area contributed by atoms with Crippen LogP contribution in [0.2, 0.25) is 0 Å². The summed E-state index contributed by atoms with van der Waals surface area (Å²) < 4.78 is 0. The van der Waals surface area contributed by atoms with Gasteiger partial charge in [0, 0.05) is 24.9 Å². The Bertz CT molecular complexity index is 655. The third-order valence-corrected chi connectivity index (χ3v) is 3.92. The van der Waals surface area contributed by atoms with Crippen molar-refractivity contribution < 1.29 is 9.90 Å². The minimum atomic E-state index is -1.15. The van der Waals surface area contributed by atoms with Crippen molar-refractivity contribution in [3.63, 3.8) is 0 Å². The van der Waals surface area contributed by atoms with Gasteiger partial charge in [-0.05, 0) is 31.0 Å². The standard InChI is InChI=1S/C17H20N2O2/c1-12-5-3-7-14(9-12)17(11-18,16(20)21)10-15-13(2)6-4-8-19-15/h3-9H,10-11,18H2,1-2H3,(H,20,21). The molecule has 4 heteroatoms. The Morgan fingerprint density at radius 3 is 2.62 bits per heavy atom. The summed E-state index contributed by atoms with van der Waals surface area (Å²) in [6.07, 6.45) is 1.97. The highest BCUT2D eigenvalue weighted by molar-refractivity contribution is 5.82. The van der Waals surface area contributed by atoms with Gasteiger partial charge in [0.05, 0.1) is 0 Å². The van der Waals surface area contributed by atoms with Crippen molar-refractivity contribution in [1.82, 2.24) is 4.98 Å². The number of aryl methyl sites for hydroxylation is 2. The van der Waals surface area contributed by atoms with Crippen LogP contribution < -0.4 is 5.73 Å². The highest BCUT2D eigenvalue weighted by Gasteiger charge is 2.40. The van der Waals surface area contributed by atoms with Gasteiger partial charge < -0.3 is 10.8 Å². The van der Waals surface area contributed by atoms with Gasteiger partial charge in [-0.3, -0.25) is 9.78 Å². The third kappa shape index (κ3) is 2.95. The minimum Gasteiger partial charge on any atom is -0.481 e. The van der Waals surface area contributed by atoms with Crippen LogP contribution in [0.5, 0.6) is 0 Å². The number of rotatable bonds is 5. The summed E-state index contributed by atoms with van der Waals surface area (Å²) in [5.41, 5.74) is 8.22. The second kappa shape index (κ2) is 6.06. The van der Waals surface area contributed by atoms with Gasteiger partial charge >= 0.3 is 5.97 Å². The van der Waals surface area contributed by atoms with E-state index in [4.69, 9.17) is 5.73 Å². The average molecular weight is 284 g/mol. The van der Waals surface area contributed by atoms with Crippen LogP contribution in [0.1, 0.15) is 22.4 Å². The van der Waals surface area contributed by atoms with E-state index in [0.717, 1.165) is 22.4 Å². The summed E-state index contributed by atoms with van der Waals surface area (Å²) in [6.45, 7) is 3.90. The quantitative estimate of drug-likeness (QED) is 0.882. The first-order chi connectivity index (χ1) is 9.99. The lowest BCUT2D eigenvalue weighted by molar-refractivity contribution is -0.143. The van der Waals surface area contributed by atoms with Gasteiger partial charge in [-0.15, -0.1) is 0 Å². The summed E-state index contributed by atoms with van der Waals surface area (Å²) >= 11 is 0. The average Bonchev–Trinajstić information content (AvgIpc) is 2.46. The monoisotopic (exact) mass is 284 g/mol. The molecule has 0 saturated heterocycles. The number of carbonyl (C=O) groups is 1. The fourth-order valence-electron chi connectivity index (χ4n) is 2.51. The summed E-state index contributed by atoms with van der Waals surface area (Å²) in [5.74, 6) is -0.916. The van der Waals surface area contributed by atoms with Crippen LogP contribution in [0.15, 0.2) is 42.6 Å². The van der Waals surface area contributed by atoms with Gasteiger partial charge in [0.15, 0.2) is 0 Å². The largest absolute Gasteiger partial charge is 0.481 e. The van der Waals surface area contributed by atoms with Crippen molar-refractivity contribution in [2.45, 2.75) is 25.7 Å². The van der Waals surface area contributed by atoms with Gasteiger partial charge in [-0.2, -0.15) is 0 Å². The number of nitrogens with zero attached hydrogens (tertiary/aromatic N) is 1. The van der Waals surface area contributed by atoms with Crippen molar-refractivity contribution in [2.24, 2.45) is 5.73 Å². The van der Waals surface area contributed by atoms with Crippen LogP contribution in [-0.2, 0) is 16.6 Å². The molecule has 1 aromatic heterocycles. The Kier molecular flexibility index (Phi) is 4.38. The summed E-state index contributed by atoms with van der Waals surface area (Å²) in [4.78, 5) is 16.3. The van der Waals surface area contributed by atoms with Crippen LogP contribution in [0.4, 0.5) is 0 Å². The molecule has 1 aromatic carbocycles. The van der Waals surface area contributed by atoms with Crippen molar-refractivity contribution >= 4 is 5.97 Å². The van der Waals surface area contributed by atoms with Crippen LogP contribution in [0.3, 0.4) is 0 Å². The van der Waals surface area contributed by atoms with Crippen LogP contribution in [0.25, 0.3) is 0 Å². The van der Waals surface area contributed by atoms with E-state index in [-0.39, 0.29) is 13.0 Å². The second-order valence-electron chi connectivity index (χ2n) is 5.40. The minimum absolute atomic E-state index is 0.0296. The zero-order chi connectivity index (χ0) is 15.5. The molecular formula is C17H20N2O2. The van der Waals surface area contributed by atoms with Crippen molar-refractivity contribution in [1.29, 1.82) is 0 Å². The molecular weight excluding hydrogens is 264 g/mol. The van der Waals surface area contributed by atoms with Crippen LogP contribution in [0, 0.1) is 13.8 Å². The number of pyridine rings is 1. The topological polar surface area (TPSA) is 76.2 Å². The summed E-state index contributed by atoms with van der Waals surface area (Å²) in [5, 5.41) is 9.81. The molecule has 1 heterocycles. The third-order valence-electron chi connectivity index (χ3n) is 3.92. The number of nitrogens with two attached hydrogens (primary N) is 1. The fraction of sp³-hybridized carbons (Fsp3) is 0.294. The molecule has 2 aromatic rings. The number of benzene rings is 1. The van der Waals surface area contributed by atoms with Crippen molar-refractivity contribution in [2.75, 3.05) is 6.54 Å². The van der Waals surface area contributed by atoms with E-state index in [2.05, 4.69) is 4.98 Å². The molecule has 0 amide bonds. The molecule has 1 unspecified atom stereocenters. The second-order valence-corrected chi connectivity index (χ2v) is 5.40. The molecule has 21 heavy (non-hydrogen) atoms. The van der Waals surface area contributed by atoms with E-state index < -0.39 is 11.4 Å². The molecule has 0 fully saturated rings. The molecule has 0 bridgehead atoms. The molecule has 0 aliphatic heterocycles. The van der Waals surface area contributed by atoms with Crippen molar-refractivity contribution in [3.8, 4) is 0 Å². The number of hydrogen-bond acceptors (Lipinski definition) is 3. The number of carboxylic acid groups (broad SMARTS) is 1. The maximum atomic E-state index is 12.0. The number of carboxylic acids is 1. The Hall–Kier alpha value is -2.20. The predicted molar refractivity (Wildman–Crippen MR) is 82.2 cm³/mol. The molecule has 2 rings (SSSR count). The first kappa shape index (κ1) is 15.2.